The summed E-state index contributed by atoms with van der Waals surface area (Å²) >= 11 is 8.24. The molecule has 0 spiro atoms. The third-order valence-corrected chi connectivity index (χ3v) is 20.5. The zero-order valence-electron chi connectivity index (χ0n) is 67.2. The molecule has 0 unspecified atom stereocenters. The standard InChI is InChI=1S/C28H28ClNO6.C28H28INO6.C28H28N2O9.C2H3N.Ag.HNO3/c2*1-33-23-11-9-19-20(14-22(23)31)21(30-28(32)18-7-5-6-16(12-18)15-29)10-8-17-13-24(34-2)26(35-3)27(36-4)25(17)19;1-35-23-11-9-19-20(14-22(23)31)21(29-28(32)18-7-5-6-16(12-18)15-39-30(33)34)10-8-17-13-24(36-2)26(37-3)27(38-4)25(17)19;1-2-3;;2-1(3)4/h2*5-7,9,11-14,21H,8,10,15H2,1-4H3,(H,30,32);5-7,9,11-14,21H,8,10,15H2,1-4H3,(H,29,32);1H3;;(H,2,3,4)/t3*21-;;;/m000.../s1. The van der Waals surface area contributed by atoms with Crippen molar-refractivity contribution < 1.29 is 114 Å². The van der Waals surface area contributed by atoms with Gasteiger partial charge in [0, 0.05) is 73.0 Å². The van der Waals surface area contributed by atoms with Gasteiger partial charge in [0.2, 0.25) is 33.5 Å². The number of amides is 3. The average molecular weight is 1860 g/mol. The van der Waals surface area contributed by atoms with Crippen molar-refractivity contribution in [1.29, 1.82) is 5.26 Å². The molecule has 3 atom stereocenters. The molecule has 0 fully saturated rings. The number of halogens is 2. The number of nitrogens with one attached hydrogen (secondary N) is 3. The average Bonchev–Trinajstić information content (AvgIpc) is 1.67. The summed E-state index contributed by atoms with van der Waals surface area (Å²) in [5.41, 5.74) is 12.0. The number of rotatable bonds is 23. The molecule has 3 aliphatic carbocycles. The maximum atomic E-state index is 13.4. The van der Waals surface area contributed by atoms with Crippen LogP contribution in [-0.4, -0.2) is 118 Å². The molecule has 9 aromatic rings. The molecule has 0 aliphatic heterocycles. The normalized spacial score (nSPS) is 13.3. The van der Waals surface area contributed by atoms with E-state index in [0.717, 1.165) is 60.1 Å². The molecule has 631 valence electrons. The number of nitriles is 1. The summed E-state index contributed by atoms with van der Waals surface area (Å²) in [6.07, 6.45) is 3.32. The number of aryl methyl sites for hydroxylation is 3. The van der Waals surface area contributed by atoms with Crippen LogP contribution in [0, 0.1) is 31.6 Å². The first kappa shape index (κ1) is 93.8. The van der Waals surface area contributed by atoms with Crippen LogP contribution in [0.15, 0.2) is 160 Å². The topological polar surface area (TPSA) is 389 Å². The van der Waals surface area contributed by atoms with Gasteiger partial charge in [0.1, 0.15) is 6.61 Å². The predicted octanol–water partition coefficient (Wildman–Crippen LogP) is 14.1. The molecule has 0 heterocycles. The van der Waals surface area contributed by atoms with E-state index in [1.807, 2.05) is 54.6 Å². The van der Waals surface area contributed by atoms with E-state index in [1.54, 1.807) is 122 Å². The van der Waals surface area contributed by atoms with Crippen LogP contribution >= 0.6 is 34.2 Å². The van der Waals surface area contributed by atoms with Crippen LogP contribution in [0.2, 0.25) is 0 Å². The van der Waals surface area contributed by atoms with Crippen molar-refractivity contribution in [1.82, 2.24) is 16.0 Å². The Kier molecular flexibility index (Phi) is 35.3. The molecule has 0 bridgehead atoms. The van der Waals surface area contributed by atoms with Crippen molar-refractivity contribution in [3.63, 3.8) is 0 Å². The molecule has 119 heavy (non-hydrogen) atoms. The number of carbonyl (C=O) groups is 3. The smallest absolute Gasteiger partial charge is 0.294 e. The summed E-state index contributed by atoms with van der Waals surface area (Å²) in [4.78, 5) is 102. The quantitative estimate of drug-likeness (QED) is 0.0152. The largest absolute Gasteiger partial charge is 0.493 e. The zero-order valence-corrected chi connectivity index (χ0v) is 71.6. The summed E-state index contributed by atoms with van der Waals surface area (Å²) in [6, 6.07) is 41.9. The predicted molar refractivity (Wildman–Crippen MR) is 447 cm³/mol. The van der Waals surface area contributed by atoms with E-state index in [-0.39, 0.29) is 74.3 Å². The van der Waals surface area contributed by atoms with Gasteiger partial charge in [-0.25, -0.2) is 0 Å². The molecular formula is C86H88AgClIN6O24. The Bertz CT molecular complexity index is 5230. The molecule has 1 radical (unpaired) electrons. The van der Waals surface area contributed by atoms with Gasteiger partial charge in [-0.15, -0.1) is 31.8 Å². The molecule has 30 nitrogen and oxygen atoms in total. The van der Waals surface area contributed by atoms with Crippen LogP contribution in [-0.2, 0) is 63.4 Å². The van der Waals surface area contributed by atoms with Gasteiger partial charge in [-0.2, -0.15) is 5.26 Å². The van der Waals surface area contributed by atoms with Crippen LogP contribution in [0.5, 0.6) is 69.0 Å². The number of fused-ring (bicyclic) bond motifs is 9. The van der Waals surface area contributed by atoms with Gasteiger partial charge in [0.05, 0.1) is 110 Å². The summed E-state index contributed by atoms with van der Waals surface area (Å²) in [7, 11) is 18.3. The molecule has 4 N–H and O–H groups in total. The SMILES string of the molecule is CC#N.COc1cc2c(c(OC)c1OC)-c1ccc(OC)c(=O)cc1[C@@H](NC(=O)c1cccc(CCl)c1)CC2.COc1cc2c(c(OC)c1OC)-c1ccc(OC)c(=O)cc1[C@@H](NC(=O)c1cccc(CI)c1)CC2.COc1cc2c(c(OC)c1OC)-c1ccc(OC)c(=O)cc1[C@@H](NC(=O)c1cccc(CO[N+](=O)[O-])c1)CC2.O=[N+]([O-])O.[Ag]. The van der Waals surface area contributed by atoms with E-state index in [2.05, 4.69) is 43.4 Å². The summed E-state index contributed by atoms with van der Waals surface area (Å²) in [5.74, 6) is 4.34. The minimum atomic E-state index is -1.50. The van der Waals surface area contributed by atoms with E-state index in [4.69, 9.17) is 89.0 Å². The van der Waals surface area contributed by atoms with E-state index in [0.29, 0.717) is 141 Å². The second kappa shape index (κ2) is 44.8. The first-order chi connectivity index (χ1) is 56.8. The molecule has 12 rings (SSSR count). The van der Waals surface area contributed by atoms with Crippen molar-refractivity contribution in [2.75, 3.05) is 85.3 Å². The number of alkyl halides is 2. The molecule has 0 saturated carbocycles. The zero-order chi connectivity index (χ0) is 86.0. The van der Waals surface area contributed by atoms with Crippen molar-refractivity contribution in [2.45, 2.75) is 80.5 Å². The molecule has 9 aromatic carbocycles. The number of hydrogen-bond donors (Lipinski definition) is 4. The third kappa shape index (κ3) is 22.5. The van der Waals surface area contributed by atoms with Gasteiger partial charge >= 0.3 is 0 Å². The molecule has 0 saturated heterocycles. The Hall–Kier alpha value is -12.3. The van der Waals surface area contributed by atoms with Crippen LogP contribution in [0.1, 0.15) is 125 Å². The monoisotopic (exact) mass is 1860 g/mol. The van der Waals surface area contributed by atoms with Crippen LogP contribution in [0.3, 0.4) is 0 Å². The van der Waals surface area contributed by atoms with Crippen LogP contribution in [0.4, 0.5) is 0 Å². The Morgan fingerprint density at radius 2 is 0.723 bits per heavy atom. The van der Waals surface area contributed by atoms with E-state index in [9.17, 15) is 38.9 Å². The number of nitrogens with zero attached hydrogens (tertiary/aromatic N) is 3. The minimum absolute atomic E-state index is 0. The van der Waals surface area contributed by atoms with Crippen molar-refractivity contribution in [2.24, 2.45) is 0 Å². The number of benzene rings is 6. The Balaban J connectivity index is 0.000000236. The van der Waals surface area contributed by atoms with E-state index in [1.165, 1.54) is 67.8 Å². The minimum Gasteiger partial charge on any atom is -0.493 e. The summed E-state index contributed by atoms with van der Waals surface area (Å²) in [6.45, 7) is 1.15. The van der Waals surface area contributed by atoms with Crippen LogP contribution < -0.4 is 89.1 Å². The third-order valence-electron chi connectivity index (χ3n) is 19.3. The summed E-state index contributed by atoms with van der Waals surface area (Å²) < 4.78 is 67.7. The van der Waals surface area contributed by atoms with Gasteiger partial charge < -0.3 is 82.8 Å². The number of ether oxygens (including phenoxy) is 12. The van der Waals surface area contributed by atoms with Crippen molar-refractivity contribution in [3.8, 4) is 108 Å². The Morgan fingerprint density at radius 3 is 0.992 bits per heavy atom. The molecule has 0 aromatic heterocycles. The second-order valence-electron chi connectivity index (χ2n) is 25.9. The number of methoxy groups -OCH3 is 12. The van der Waals surface area contributed by atoms with Crippen molar-refractivity contribution in [3.05, 3.63) is 263 Å². The number of carbonyl (C=O) groups excluding carboxylic acids is 3. The fourth-order valence-corrected chi connectivity index (χ4v) is 14.7. The molecule has 3 amide bonds. The fraction of sp³-hybridized carbons (Fsp3) is 0.291. The Morgan fingerprint density at radius 1 is 0.445 bits per heavy atom. The van der Waals surface area contributed by atoms with Gasteiger partial charge in [0.15, 0.2) is 51.7 Å². The maximum absolute atomic E-state index is 13.4. The van der Waals surface area contributed by atoms with Crippen LogP contribution in [0.25, 0.3) is 33.4 Å². The maximum Gasteiger partial charge on any atom is 0.294 e. The first-order valence-corrected chi connectivity index (χ1v) is 38.3. The van der Waals surface area contributed by atoms with Gasteiger partial charge in [-0.1, -0.05) is 77.2 Å². The van der Waals surface area contributed by atoms with Crippen molar-refractivity contribution >= 4 is 51.9 Å². The first-order valence-electron chi connectivity index (χ1n) is 36.2. The van der Waals surface area contributed by atoms with E-state index < -0.39 is 34.2 Å². The van der Waals surface area contributed by atoms with Gasteiger partial charge in [-0.3, -0.25) is 28.8 Å². The molecular weight excluding hydrogens is 1770 g/mol. The number of hydrogen-bond acceptors (Lipinski definition) is 24. The summed E-state index contributed by atoms with van der Waals surface area (Å²) in [5, 5.41) is 40.0. The second-order valence-corrected chi connectivity index (χ2v) is 26.9. The Labute approximate surface area is 719 Å². The van der Waals surface area contributed by atoms with E-state index >= 15 is 0 Å². The fourth-order valence-electron chi connectivity index (χ4n) is 14.1. The van der Waals surface area contributed by atoms with Gasteiger partial charge in [-0.05, 0) is 196 Å². The molecule has 3 aliphatic rings. The molecule has 33 heteroatoms. The van der Waals surface area contributed by atoms with Gasteiger partial charge in [0.25, 0.3) is 27.9 Å².